The minimum atomic E-state index is -2.27. The molecule has 0 aromatic carbocycles. The van der Waals surface area contributed by atoms with E-state index in [1.807, 2.05) is 0 Å². The highest BCUT2D eigenvalue weighted by molar-refractivity contribution is 6.60. The van der Waals surface area contributed by atoms with Crippen LogP contribution in [0.1, 0.15) is 32.6 Å². The molecule has 2 unspecified atom stereocenters. The van der Waals surface area contributed by atoms with E-state index in [4.69, 9.17) is 22.8 Å². The Balaban J connectivity index is 0.000000242. The van der Waals surface area contributed by atoms with Gasteiger partial charge in [0.2, 0.25) is 0 Å². The van der Waals surface area contributed by atoms with Crippen LogP contribution in [0.4, 0.5) is 0 Å². The quantitative estimate of drug-likeness (QED) is 0.152. The number of hydrogen-bond acceptors (Lipinski definition) is 8. The molecule has 2 rings (SSSR count). The van der Waals surface area contributed by atoms with Crippen LogP contribution in [0.3, 0.4) is 0 Å². The van der Waals surface area contributed by atoms with Crippen molar-refractivity contribution in [3.8, 4) is 0 Å². The Morgan fingerprint density at radius 1 is 0.833 bits per heavy atom. The minimum absolute atomic E-state index is 0.204. The van der Waals surface area contributed by atoms with Crippen molar-refractivity contribution in [2.24, 2.45) is 0 Å². The van der Waals surface area contributed by atoms with Gasteiger partial charge in [-0.1, -0.05) is 31.2 Å². The molecule has 2 saturated heterocycles. The molecule has 0 saturated carbocycles. The third-order valence-electron chi connectivity index (χ3n) is 3.68. The maximum absolute atomic E-state index is 5.31. The molecule has 0 aromatic heterocycles. The highest BCUT2D eigenvalue weighted by Crippen LogP contribution is 2.17. The van der Waals surface area contributed by atoms with E-state index in [1.165, 1.54) is 19.3 Å². The topological polar surface area (TPSA) is 80.4 Å². The van der Waals surface area contributed by atoms with Crippen molar-refractivity contribution in [1.29, 1.82) is 0 Å². The number of hydrogen-bond donors (Lipinski definition) is 0. The number of ether oxygens (including phenoxy) is 2. The van der Waals surface area contributed by atoms with Crippen molar-refractivity contribution in [1.82, 2.24) is 0 Å². The van der Waals surface area contributed by atoms with Gasteiger partial charge in [0, 0.05) is 27.4 Å². The Morgan fingerprint density at radius 2 is 1.33 bits per heavy atom. The van der Waals surface area contributed by atoms with Gasteiger partial charge in [-0.05, 0) is 6.42 Å². The second-order valence-electron chi connectivity index (χ2n) is 5.65. The van der Waals surface area contributed by atoms with E-state index >= 15 is 0 Å². The Kier molecular flexibility index (Phi) is 12.0. The summed E-state index contributed by atoms with van der Waals surface area (Å²) >= 11 is 0. The molecule has 0 spiro atoms. The van der Waals surface area contributed by atoms with Gasteiger partial charge in [0.15, 0.2) is 0 Å². The molecule has 144 valence electrons. The first kappa shape index (κ1) is 21.9. The van der Waals surface area contributed by atoms with Gasteiger partial charge in [0.05, 0.1) is 13.2 Å². The molecule has 8 nitrogen and oxygen atoms in total. The SMILES string of the molecule is C(OOOCC1CO1)C1CO1.CCCCCC[Si](OC)(OC)OC. The molecule has 2 fully saturated rings. The second kappa shape index (κ2) is 13.1. The molecule has 0 bridgehead atoms. The zero-order valence-electron chi connectivity index (χ0n) is 15.3. The van der Waals surface area contributed by atoms with Gasteiger partial charge < -0.3 is 22.8 Å². The van der Waals surface area contributed by atoms with Crippen molar-refractivity contribution in [2.75, 3.05) is 47.8 Å². The lowest BCUT2D eigenvalue weighted by Gasteiger charge is -2.24. The third kappa shape index (κ3) is 10.7. The summed E-state index contributed by atoms with van der Waals surface area (Å²) in [6.07, 6.45) is 5.31. The van der Waals surface area contributed by atoms with Crippen LogP contribution in [0.15, 0.2) is 0 Å². The first-order valence-electron chi connectivity index (χ1n) is 8.49. The van der Waals surface area contributed by atoms with Crippen LogP contribution in [0.2, 0.25) is 6.04 Å². The second-order valence-corrected chi connectivity index (χ2v) is 8.74. The maximum atomic E-state index is 5.31. The summed E-state index contributed by atoms with van der Waals surface area (Å²) in [7, 11) is 2.73. The van der Waals surface area contributed by atoms with Gasteiger partial charge in [-0.3, -0.25) is 0 Å². The van der Waals surface area contributed by atoms with Crippen molar-refractivity contribution < 1.29 is 37.6 Å². The van der Waals surface area contributed by atoms with Gasteiger partial charge in [-0.15, -0.1) is 0 Å². The van der Waals surface area contributed by atoms with Crippen LogP contribution in [0.5, 0.6) is 0 Å². The Hall–Kier alpha value is -0.103. The van der Waals surface area contributed by atoms with Gasteiger partial charge >= 0.3 is 8.80 Å². The summed E-state index contributed by atoms with van der Waals surface area (Å²) in [6, 6.07) is 0.927. The van der Waals surface area contributed by atoms with Gasteiger partial charge in [0.25, 0.3) is 0 Å². The lowest BCUT2D eigenvalue weighted by atomic mass is 10.2. The molecule has 0 N–H and O–H groups in total. The van der Waals surface area contributed by atoms with Crippen LogP contribution in [0, 0.1) is 0 Å². The third-order valence-corrected chi connectivity index (χ3v) is 6.51. The summed E-state index contributed by atoms with van der Waals surface area (Å²) in [4.78, 5) is 9.27. The molecule has 2 atom stereocenters. The van der Waals surface area contributed by atoms with Crippen molar-refractivity contribution in [2.45, 2.75) is 50.9 Å². The van der Waals surface area contributed by atoms with E-state index in [1.54, 1.807) is 21.3 Å². The molecular weight excluding hydrogens is 336 g/mol. The van der Waals surface area contributed by atoms with E-state index in [0.29, 0.717) is 13.2 Å². The first-order valence-corrected chi connectivity index (χ1v) is 10.4. The molecule has 0 aliphatic carbocycles. The van der Waals surface area contributed by atoms with E-state index in [-0.39, 0.29) is 12.2 Å². The number of rotatable bonds is 14. The fraction of sp³-hybridized carbons (Fsp3) is 1.00. The van der Waals surface area contributed by atoms with E-state index in [9.17, 15) is 0 Å². The standard InChI is InChI=1S/C9H22O3Si.C6H10O5/c1-5-6-7-8-9-13(10-2,11-3)12-4;1-5(7-1)3-9-11-10-4-6-2-8-6/h5-9H2,1-4H3;5-6H,1-4H2. The summed E-state index contributed by atoms with van der Waals surface area (Å²) in [5.41, 5.74) is 0. The van der Waals surface area contributed by atoms with E-state index < -0.39 is 8.80 Å². The summed E-state index contributed by atoms with van der Waals surface area (Å²) in [5.74, 6) is 0. The molecule has 0 amide bonds. The van der Waals surface area contributed by atoms with Crippen LogP contribution in [-0.2, 0) is 37.6 Å². The monoisotopic (exact) mass is 368 g/mol. The summed E-state index contributed by atoms with van der Waals surface area (Å²) < 4.78 is 25.7. The van der Waals surface area contributed by atoms with Gasteiger partial charge in [0.1, 0.15) is 25.4 Å². The Labute approximate surface area is 145 Å². The average molecular weight is 368 g/mol. The molecular formula is C15H32O8Si. The molecule has 0 aromatic rings. The zero-order chi connectivity index (χ0) is 17.7. The molecule has 2 aliphatic rings. The zero-order valence-corrected chi connectivity index (χ0v) is 16.3. The molecule has 2 heterocycles. The highest BCUT2D eigenvalue weighted by atomic mass is 28.4. The smallest absolute Gasteiger partial charge is 0.377 e. The molecule has 9 heteroatoms. The fourth-order valence-corrected chi connectivity index (χ4v) is 3.69. The minimum Gasteiger partial charge on any atom is -0.377 e. The van der Waals surface area contributed by atoms with E-state index in [2.05, 4.69) is 21.7 Å². The van der Waals surface area contributed by atoms with Crippen molar-refractivity contribution >= 4 is 8.80 Å². The van der Waals surface area contributed by atoms with Crippen LogP contribution >= 0.6 is 0 Å². The number of unbranched alkanes of at least 4 members (excludes halogenated alkanes) is 3. The molecule has 24 heavy (non-hydrogen) atoms. The lowest BCUT2D eigenvalue weighted by molar-refractivity contribution is -0.513. The highest BCUT2D eigenvalue weighted by Gasteiger charge is 2.36. The van der Waals surface area contributed by atoms with E-state index in [0.717, 1.165) is 25.7 Å². The Bertz CT molecular complexity index is 273. The maximum Gasteiger partial charge on any atom is 0.500 e. The van der Waals surface area contributed by atoms with Gasteiger partial charge in [-0.2, -0.15) is 0 Å². The normalized spacial score (nSPS) is 22.0. The first-order chi connectivity index (χ1) is 11.7. The Morgan fingerprint density at radius 3 is 1.71 bits per heavy atom. The predicted octanol–water partition coefficient (Wildman–Crippen LogP) is 2.11. The average Bonchev–Trinajstić information content (AvgIpc) is 3.51. The van der Waals surface area contributed by atoms with Crippen molar-refractivity contribution in [3.05, 3.63) is 0 Å². The predicted molar refractivity (Wildman–Crippen MR) is 88.2 cm³/mol. The largest absolute Gasteiger partial charge is 0.500 e. The lowest BCUT2D eigenvalue weighted by Crippen LogP contribution is -2.42. The fourth-order valence-electron chi connectivity index (χ4n) is 1.89. The molecule has 0 radical (unpaired) electrons. The van der Waals surface area contributed by atoms with Gasteiger partial charge in [-0.25, -0.2) is 9.78 Å². The summed E-state index contributed by atoms with van der Waals surface area (Å²) in [5, 5.41) is 4.38. The summed E-state index contributed by atoms with van der Waals surface area (Å²) in [6.45, 7) is 4.59. The van der Waals surface area contributed by atoms with Crippen LogP contribution in [0.25, 0.3) is 0 Å². The van der Waals surface area contributed by atoms with Crippen LogP contribution < -0.4 is 0 Å². The van der Waals surface area contributed by atoms with Crippen molar-refractivity contribution in [3.63, 3.8) is 0 Å². The van der Waals surface area contributed by atoms with Crippen LogP contribution in [-0.4, -0.2) is 68.8 Å². The molecule has 2 aliphatic heterocycles. The number of epoxide rings is 2.